The maximum Gasteiger partial charge on any atom is 0.419 e. The molecule has 2 aromatic carbocycles. The SMILES string of the molecule is Cn1ncc2c(NC(=O)N[C@@H]3CCOc4c3cccc4C(F)(F)F)cccc21. The van der Waals surface area contributed by atoms with Crippen molar-refractivity contribution in [2.24, 2.45) is 7.05 Å². The molecular formula is C19H17F3N4O2. The van der Waals surface area contributed by atoms with E-state index in [1.54, 1.807) is 30.1 Å². The lowest BCUT2D eigenvalue weighted by Crippen LogP contribution is -2.35. The fourth-order valence-electron chi connectivity index (χ4n) is 3.40. The average molecular weight is 390 g/mol. The summed E-state index contributed by atoms with van der Waals surface area (Å²) in [7, 11) is 1.80. The third-order valence-corrected chi connectivity index (χ3v) is 4.72. The van der Waals surface area contributed by atoms with E-state index in [0.717, 1.165) is 17.0 Å². The molecule has 0 radical (unpaired) electrons. The maximum absolute atomic E-state index is 13.2. The summed E-state index contributed by atoms with van der Waals surface area (Å²) in [4.78, 5) is 12.5. The summed E-state index contributed by atoms with van der Waals surface area (Å²) >= 11 is 0. The van der Waals surface area contributed by atoms with Gasteiger partial charge in [-0.1, -0.05) is 18.2 Å². The average Bonchev–Trinajstić information content (AvgIpc) is 3.03. The number of aryl methyl sites for hydroxylation is 1. The molecule has 2 amide bonds. The molecule has 9 heteroatoms. The Labute approximate surface area is 158 Å². The number of para-hydroxylation sites is 1. The highest BCUT2D eigenvalue weighted by molar-refractivity contribution is 6.00. The molecule has 3 aromatic rings. The summed E-state index contributed by atoms with van der Waals surface area (Å²) in [5, 5.41) is 10.4. The van der Waals surface area contributed by atoms with Crippen LogP contribution in [0.15, 0.2) is 42.6 Å². The number of nitrogens with zero attached hydrogens (tertiary/aromatic N) is 2. The summed E-state index contributed by atoms with van der Waals surface area (Å²) in [6.07, 6.45) is -2.51. The van der Waals surface area contributed by atoms with Gasteiger partial charge >= 0.3 is 12.2 Å². The zero-order valence-corrected chi connectivity index (χ0v) is 14.9. The van der Waals surface area contributed by atoms with E-state index in [4.69, 9.17) is 4.74 Å². The molecule has 0 spiro atoms. The van der Waals surface area contributed by atoms with Gasteiger partial charge in [0.1, 0.15) is 5.75 Å². The third kappa shape index (κ3) is 3.23. The van der Waals surface area contributed by atoms with Crippen LogP contribution in [0.4, 0.5) is 23.7 Å². The molecule has 1 atom stereocenters. The molecule has 146 valence electrons. The van der Waals surface area contributed by atoms with Gasteiger partial charge in [0, 0.05) is 24.4 Å². The van der Waals surface area contributed by atoms with Crippen molar-refractivity contribution in [3.8, 4) is 5.75 Å². The van der Waals surface area contributed by atoms with Crippen molar-refractivity contribution in [1.29, 1.82) is 0 Å². The number of anilines is 1. The Morgan fingerprint density at radius 1 is 1.25 bits per heavy atom. The van der Waals surface area contributed by atoms with Gasteiger partial charge in [0.25, 0.3) is 0 Å². The smallest absolute Gasteiger partial charge is 0.419 e. The Morgan fingerprint density at radius 2 is 2.04 bits per heavy atom. The first-order valence-electron chi connectivity index (χ1n) is 8.66. The molecule has 0 fully saturated rings. The first-order chi connectivity index (χ1) is 13.3. The number of fused-ring (bicyclic) bond motifs is 2. The highest BCUT2D eigenvalue weighted by Crippen LogP contribution is 2.42. The monoisotopic (exact) mass is 390 g/mol. The van der Waals surface area contributed by atoms with Gasteiger partial charge < -0.3 is 15.4 Å². The van der Waals surface area contributed by atoms with Crippen molar-refractivity contribution < 1.29 is 22.7 Å². The summed E-state index contributed by atoms with van der Waals surface area (Å²) in [5.41, 5.74) is 0.899. The van der Waals surface area contributed by atoms with Gasteiger partial charge in [0.2, 0.25) is 0 Å². The number of ether oxygens (including phenoxy) is 1. The molecule has 0 bridgehead atoms. The van der Waals surface area contributed by atoms with E-state index in [-0.39, 0.29) is 12.4 Å². The number of nitrogens with one attached hydrogen (secondary N) is 2. The zero-order valence-electron chi connectivity index (χ0n) is 14.9. The topological polar surface area (TPSA) is 68.2 Å². The molecule has 6 nitrogen and oxygen atoms in total. The summed E-state index contributed by atoms with van der Waals surface area (Å²) in [6.45, 7) is 0.0865. The maximum atomic E-state index is 13.2. The number of alkyl halides is 3. The molecule has 4 rings (SSSR count). The molecular weight excluding hydrogens is 373 g/mol. The molecule has 0 unspecified atom stereocenters. The van der Waals surface area contributed by atoms with Crippen LogP contribution in [-0.2, 0) is 13.2 Å². The normalized spacial score (nSPS) is 16.4. The second-order valence-corrected chi connectivity index (χ2v) is 6.52. The standard InChI is InChI=1S/C19H17F3N4O2/c1-26-16-7-3-6-14(12(16)10-23-26)24-18(27)25-15-8-9-28-17-11(15)4-2-5-13(17)19(20,21)22/h2-7,10,15H,8-9H2,1H3,(H2,24,25,27)/t15-/m1/s1. The largest absolute Gasteiger partial charge is 0.492 e. The van der Waals surface area contributed by atoms with E-state index in [1.807, 2.05) is 6.07 Å². The Balaban J connectivity index is 1.57. The Morgan fingerprint density at radius 3 is 2.82 bits per heavy atom. The van der Waals surface area contributed by atoms with Gasteiger partial charge in [-0.05, 0) is 18.2 Å². The molecule has 1 aromatic heterocycles. The van der Waals surface area contributed by atoms with Gasteiger partial charge in [-0.2, -0.15) is 18.3 Å². The van der Waals surface area contributed by atoms with Crippen molar-refractivity contribution in [2.45, 2.75) is 18.6 Å². The highest BCUT2D eigenvalue weighted by Gasteiger charge is 2.37. The molecule has 1 aliphatic rings. The Bertz CT molecular complexity index is 1050. The quantitative estimate of drug-likeness (QED) is 0.688. The predicted molar refractivity (Wildman–Crippen MR) is 97.2 cm³/mol. The minimum Gasteiger partial charge on any atom is -0.492 e. The van der Waals surface area contributed by atoms with E-state index in [9.17, 15) is 18.0 Å². The number of hydrogen-bond acceptors (Lipinski definition) is 3. The second-order valence-electron chi connectivity index (χ2n) is 6.52. The zero-order chi connectivity index (χ0) is 19.9. The fourth-order valence-corrected chi connectivity index (χ4v) is 3.40. The molecule has 0 aliphatic carbocycles. The van der Waals surface area contributed by atoms with Crippen LogP contribution in [0, 0.1) is 0 Å². The van der Waals surface area contributed by atoms with Crippen LogP contribution in [0.2, 0.25) is 0 Å². The van der Waals surface area contributed by atoms with E-state index in [0.29, 0.717) is 17.7 Å². The molecule has 28 heavy (non-hydrogen) atoms. The van der Waals surface area contributed by atoms with Gasteiger partial charge in [0.15, 0.2) is 0 Å². The van der Waals surface area contributed by atoms with Gasteiger partial charge in [-0.25, -0.2) is 4.79 Å². The van der Waals surface area contributed by atoms with E-state index < -0.39 is 23.8 Å². The lowest BCUT2D eigenvalue weighted by Gasteiger charge is -2.28. The van der Waals surface area contributed by atoms with Crippen molar-refractivity contribution in [1.82, 2.24) is 15.1 Å². The van der Waals surface area contributed by atoms with Gasteiger partial charge in [-0.15, -0.1) is 0 Å². The molecule has 2 heterocycles. The number of aromatic nitrogens is 2. The first-order valence-corrected chi connectivity index (χ1v) is 8.66. The predicted octanol–water partition coefficient (Wildman–Crippen LogP) is 4.24. The van der Waals surface area contributed by atoms with Crippen LogP contribution < -0.4 is 15.4 Å². The molecule has 0 saturated heterocycles. The minimum atomic E-state index is -4.52. The summed E-state index contributed by atoms with van der Waals surface area (Å²) in [6, 6.07) is 8.15. The lowest BCUT2D eigenvalue weighted by atomic mass is 9.97. The van der Waals surface area contributed by atoms with Gasteiger partial charge in [-0.3, -0.25) is 4.68 Å². The Kier molecular flexibility index (Phi) is 4.37. The van der Waals surface area contributed by atoms with Crippen LogP contribution in [0.3, 0.4) is 0 Å². The molecule has 1 aliphatic heterocycles. The molecule has 2 N–H and O–H groups in total. The van der Waals surface area contributed by atoms with Crippen LogP contribution in [0.5, 0.6) is 5.75 Å². The highest BCUT2D eigenvalue weighted by atomic mass is 19.4. The number of rotatable bonds is 2. The van der Waals surface area contributed by atoms with Crippen molar-refractivity contribution >= 4 is 22.6 Å². The second kappa shape index (κ2) is 6.74. The number of halogens is 3. The van der Waals surface area contributed by atoms with Crippen LogP contribution in [0.1, 0.15) is 23.6 Å². The van der Waals surface area contributed by atoms with Gasteiger partial charge in [0.05, 0.1) is 35.6 Å². The van der Waals surface area contributed by atoms with Crippen molar-refractivity contribution in [3.05, 3.63) is 53.7 Å². The lowest BCUT2D eigenvalue weighted by molar-refractivity contribution is -0.139. The first kappa shape index (κ1) is 18.1. The number of benzene rings is 2. The number of carbonyl (C=O) groups excluding carboxylic acids is 1. The van der Waals surface area contributed by atoms with E-state index >= 15 is 0 Å². The van der Waals surface area contributed by atoms with Crippen LogP contribution >= 0.6 is 0 Å². The fraction of sp³-hybridized carbons (Fsp3) is 0.263. The number of amides is 2. The van der Waals surface area contributed by atoms with Crippen molar-refractivity contribution in [2.75, 3.05) is 11.9 Å². The summed E-state index contributed by atoms with van der Waals surface area (Å²) in [5.74, 6) is -0.221. The number of hydrogen-bond donors (Lipinski definition) is 2. The number of carbonyl (C=O) groups is 1. The third-order valence-electron chi connectivity index (χ3n) is 4.72. The van der Waals surface area contributed by atoms with E-state index in [2.05, 4.69) is 15.7 Å². The van der Waals surface area contributed by atoms with E-state index in [1.165, 1.54) is 12.1 Å². The number of urea groups is 1. The minimum absolute atomic E-state index is 0.0865. The Hall–Kier alpha value is -3.23. The van der Waals surface area contributed by atoms with Crippen LogP contribution in [-0.4, -0.2) is 22.4 Å². The summed E-state index contributed by atoms with van der Waals surface area (Å²) < 4.78 is 46.6. The molecule has 0 saturated carbocycles. The van der Waals surface area contributed by atoms with Crippen LogP contribution in [0.25, 0.3) is 10.9 Å². The van der Waals surface area contributed by atoms with Crippen molar-refractivity contribution in [3.63, 3.8) is 0 Å².